The lowest BCUT2D eigenvalue weighted by Crippen LogP contribution is -2.25. The monoisotopic (exact) mass is 402 g/mol. The molecule has 0 aliphatic heterocycles. The van der Waals surface area contributed by atoms with E-state index in [-0.39, 0.29) is 23.6 Å². The highest BCUT2D eigenvalue weighted by molar-refractivity contribution is 6.16. The normalized spacial score (nSPS) is 10.7. The van der Waals surface area contributed by atoms with Crippen LogP contribution in [0, 0.1) is 0 Å². The summed E-state index contributed by atoms with van der Waals surface area (Å²) < 4.78 is 17.0. The van der Waals surface area contributed by atoms with Crippen LogP contribution < -0.4 is 15.0 Å². The van der Waals surface area contributed by atoms with Gasteiger partial charge in [-0.3, -0.25) is 9.36 Å². The van der Waals surface area contributed by atoms with Gasteiger partial charge in [0.15, 0.2) is 11.5 Å². The predicted octanol–water partition coefficient (Wildman–Crippen LogP) is 3.32. The van der Waals surface area contributed by atoms with Crippen molar-refractivity contribution in [1.82, 2.24) is 9.55 Å². The molecule has 0 radical (unpaired) electrons. The Labute approximate surface area is 166 Å². The third-order valence-electron chi connectivity index (χ3n) is 4.20. The number of benzene rings is 2. The summed E-state index contributed by atoms with van der Waals surface area (Å²) in [6.07, 6.45) is 0. The number of para-hydroxylation sites is 1. The van der Waals surface area contributed by atoms with E-state index in [1.54, 1.807) is 43.3 Å². The molecular formula is C20H19ClN2O5. The molecule has 0 fully saturated rings. The molecule has 0 atom stereocenters. The topological polar surface area (TPSA) is 79.7 Å². The van der Waals surface area contributed by atoms with Crippen LogP contribution in [-0.4, -0.2) is 36.3 Å². The molecule has 0 aliphatic rings. The summed E-state index contributed by atoms with van der Waals surface area (Å²) in [5.74, 6) is 0.586. The second-order valence-corrected chi connectivity index (χ2v) is 6.03. The van der Waals surface area contributed by atoms with E-state index in [0.29, 0.717) is 33.9 Å². The van der Waals surface area contributed by atoms with Crippen LogP contribution >= 0.6 is 11.6 Å². The van der Waals surface area contributed by atoms with E-state index in [4.69, 9.17) is 25.8 Å². The number of hydrogen-bond acceptors (Lipinski definition) is 6. The molecule has 8 heteroatoms. The molecule has 28 heavy (non-hydrogen) atoms. The van der Waals surface area contributed by atoms with Gasteiger partial charge in [0.2, 0.25) is 0 Å². The van der Waals surface area contributed by atoms with Crippen molar-refractivity contribution in [3.05, 3.63) is 58.1 Å². The van der Waals surface area contributed by atoms with Crippen LogP contribution in [0.1, 0.15) is 23.1 Å². The maximum atomic E-state index is 13.3. The summed E-state index contributed by atoms with van der Waals surface area (Å²) in [4.78, 5) is 30.2. The van der Waals surface area contributed by atoms with Gasteiger partial charge in [-0.15, -0.1) is 11.6 Å². The number of rotatable bonds is 6. The molecular weight excluding hydrogens is 384 g/mol. The van der Waals surface area contributed by atoms with Crippen LogP contribution in [0.3, 0.4) is 0 Å². The Balaban J connectivity index is 2.35. The molecule has 2 aromatic carbocycles. The second-order valence-electron chi connectivity index (χ2n) is 5.76. The minimum absolute atomic E-state index is 0.0311. The molecule has 0 saturated heterocycles. The number of aromatic nitrogens is 2. The molecule has 0 amide bonds. The van der Waals surface area contributed by atoms with Gasteiger partial charge in [-0.2, -0.15) is 0 Å². The van der Waals surface area contributed by atoms with E-state index in [0.717, 1.165) is 0 Å². The first-order chi connectivity index (χ1) is 13.5. The highest BCUT2D eigenvalue weighted by atomic mass is 35.5. The van der Waals surface area contributed by atoms with E-state index >= 15 is 0 Å². The molecule has 0 bridgehead atoms. The Morgan fingerprint density at radius 3 is 2.46 bits per heavy atom. The fourth-order valence-electron chi connectivity index (χ4n) is 2.95. The maximum absolute atomic E-state index is 13.3. The SMILES string of the molecule is CCOC(=O)c1ccccc1-n1c(CCl)nc2cc(OC)c(OC)cc2c1=O. The van der Waals surface area contributed by atoms with Crippen molar-refractivity contribution in [3.63, 3.8) is 0 Å². The molecule has 0 aliphatic carbocycles. The van der Waals surface area contributed by atoms with E-state index in [1.165, 1.54) is 18.8 Å². The Morgan fingerprint density at radius 1 is 1.14 bits per heavy atom. The van der Waals surface area contributed by atoms with Crippen LogP contribution in [0.2, 0.25) is 0 Å². The standard InChI is InChI=1S/C20H19ClN2O5/c1-4-28-20(25)12-7-5-6-8-15(12)23-18(11-21)22-14-10-17(27-3)16(26-2)9-13(14)19(23)24/h5-10H,4,11H2,1-3H3. The molecule has 0 spiro atoms. The average molecular weight is 403 g/mol. The molecule has 0 saturated carbocycles. The number of fused-ring (bicyclic) bond motifs is 1. The minimum atomic E-state index is -0.530. The van der Waals surface area contributed by atoms with Crippen molar-refractivity contribution in [2.45, 2.75) is 12.8 Å². The smallest absolute Gasteiger partial charge is 0.340 e. The van der Waals surface area contributed by atoms with Crippen molar-refractivity contribution in [2.24, 2.45) is 0 Å². The lowest BCUT2D eigenvalue weighted by atomic mass is 10.1. The number of carbonyl (C=O) groups excluding carboxylic acids is 1. The molecule has 1 aromatic heterocycles. The van der Waals surface area contributed by atoms with Gasteiger partial charge in [0.25, 0.3) is 5.56 Å². The van der Waals surface area contributed by atoms with Gasteiger partial charge in [-0.1, -0.05) is 12.1 Å². The highest BCUT2D eigenvalue weighted by Crippen LogP contribution is 2.30. The lowest BCUT2D eigenvalue weighted by Gasteiger charge is -2.16. The molecule has 3 rings (SSSR count). The first-order valence-electron chi connectivity index (χ1n) is 8.55. The van der Waals surface area contributed by atoms with Gasteiger partial charge in [0.05, 0.1) is 48.9 Å². The second kappa shape index (κ2) is 8.31. The number of halogens is 1. The van der Waals surface area contributed by atoms with E-state index in [2.05, 4.69) is 4.98 Å². The zero-order chi connectivity index (χ0) is 20.3. The third kappa shape index (κ3) is 3.41. The van der Waals surface area contributed by atoms with Gasteiger partial charge in [-0.05, 0) is 25.1 Å². The lowest BCUT2D eigenvalue weighted by molar-refractivity contribution is 0.0526. The van der Waals surface area contributed by atoms with Crippen LogP contribution in [0.25, 0.3) is 16.6 Å². The number of ether oxygens (including phenoxy) is 3. The molecule has 0 N–H and O–H groups in total. The van der Waals surface area contributed by atoms with Crippen molar-refractivity contribution in [2.75, 3.05) is 20.8 Å². The Kier molecular flexibility index (Phi) is 5.84. The van der Waals surface area contributed by atoms with E-state index in [1.807, 2.05) is 0 Å². The Morgan fingerprint density at radius 2 is 1.82 bits per heavy atom. The van der Waals surface area contributed by atoms with Crippen molar-refractivity contribution < 1.29 is 19.0 Å². The number of nitrogens with zero attached hydrogens (tertiary/aromatic N) is 2. The first-order valence-corrected chi connectivity index (χ1v) is 9.09. The number of carbonyl (C=O) groups is 1. The number of esters is 1. The predicted molar refractivity (Wildman–Crippen MR) is 106 cm³/mol. The van der Waals surface area contributed by atoms with Crippen LogP contribution in [0.15, 0.2) is 41.2 Å². The molecule has 3 aromatic rings. The zero-order valence-corrected chi connectivity index (χ0v) is 16.4. The average Bonchev–Trinajstić information content (AvgIpc) is 2.72. The number of alkyl halides is 1. The van der Waals surface area contributed by atoms with E-state index < -0.39 is 5.97 Å². The molecule has 146 valence electrons. The summed E-state index contributed by atoms with van der Waals surface area (Å²) in [5, 5.41) is 0.310. The minimum Gasteiger partial charge on any atom is -0.493 e. The number of methoxy groups -OCH3 is 2. The summed E-state index contributed by atoms with van der Waals surface area (Å²) in [7, 11) is 2.99. The van der Waals surface area contributed by atoms with Crippen LogP contribution in [0.4, 0.5) is 0 Å². The molecule has 7 nitrogen and oxygen atoms in total. The summed E-state index contributed by atoms with van der Waals surface area (Å²) in [6.45, 7) is 1.94. The highest BCUT2D eigenvalue weighted by Gasteiger charge is 2.20. The van der Waals surface area contributed by atoms with Crippen LogP contribution in [0.5, 0.6) is 11.5 Å². The quantitative estimate of drug-likeness (QED) is 0.465. The van der Waals surface area contributed by atoms with Gasteiger partial charge in [0.1, 0.15) is 5.82 Å². The van der Waals surface area contributed by atoms with Crippen molar-refractivity contribution >= 4 is 28.5 Å². The van der Waals surface area contributed by atoms with E-state index in [9.17, 15) is 9.59 Å². The summed E-state index contributed by atoms with van der Waals surface area (Å²) in [6, 6.07) is 9.84. The third-order valence-corrected chi connectivity index (χ3v) is 4.44. The van der Waals surface area contributed by atoms with Gasteiger partial charge in [0, 0.05) is 6.07 Å². The Bertz CT molecular complexity index is 1090. The molecule has 1 heterocycles. The van der Waals surface area contributed by atoms with Crippen molar-refractivity contribution in [1.29, 1.82) is 0 Å². The zero-order valence-electron chi connectivity index (χ0n) is 15.7. The summed E-state index contributed by atoms with van der Waals surface area (Å²) >= 11 is 6.09. The van der Waals surface area contributed by atoms with Gasteiger partial charge < -0.3 is 14.2 Å². The Hall–Kier alpha value is -3.06. The van der Waals surface area contributed by atoms with Crippen molar-refractivity contribution in [3.8, 4) is 17.2 Å². The number of hydrogen-bond donors (Lipinski definition) is 0. The van der Waals surface area contributed by atoms with Gasteiger partial charge >= 0.3 is 5.97 Å². The molecule has 0 unspecified atom stereocenters. The summed E-state index contributed by atoms with van der Waals surface area (Å²) in [5.41, 5.74) is 0.645. The first kappa shape index (κ1) is 19.7. The van der Waals surface area contributed by atoms with Crippen LogP contribution in [-0.2, 0) is 10.6 Å². The maximum Gasteiger partial charge on any atom is 0.340 e. The fourth-order valence-corrected chi connectivity index (χ4v) is 3.13. The largest absolute Gasteiger partial charge is 0.493 e. The fraction of sp³-hybridized carbons (Fsp3) is 0.250. The van der Waals surface area contributed by atoms with Gasteiger partial charge in [-0.25, -0.2) is 9.78 Å².